The van der Waals surface area contributed by atoms with Gasteiger partial charge < -0.3 is 14.6 Å². The predicted octanol–water partition coefficient (Wildman–Crippen LogP) is 5.81. The number of hydrogen-bond donors (Lipinski definition) is 1. The van der Waals surface area contributed by atoms with E-state index in [1.807, 2.05) is 36.4 Å². The van der Waals surface area contributed by atoms with Gasteiger partial charge in [-0.25, -0.2) is 12.8 Å². The number of aliphatic hydroxyl groups excluding tert-OH is 1. The molecule has 1 aliphatic rings. The van der Waals surface area contributed by atoms with Crippen molar-refractivity contribution in [2.24, 2.45) is 4.40 Å². The molecule has 0 spiro atoms. The number of rotatable bonds is 8. The van der Waals surface area contributed by atoms with Crippen LogP contribution in [0.5, 0.6) is 5.75 Å². The number of methoxy groups -OCH3 is 1. The van der Waals surface area contributed by atoms with E-state index >= 15 is 0 Å². The zero-order valence-corrected chi connectivity index (χ0v) is 22.3. The maximum atomic E-state index is 14.5. The Bertz CT molecular complexity index is 1380. The smallest absolute Gasteiger partial charge is 0.269 e. The lowest BCUT2D eigenvalue weighted by Crippen LogP contribution is -2.55. The van der Waals surface area contributed by atoms with Gasteiger partial charge in [0, 0.05) is 13.0 Å². The van der Waals surface area contributed by atoms with Crippen LogP contribution >= 0.6 is 0 Å². The Labute approximate surface area is 217 Å². The first kappa shape index (κ1) is 26.8. The number of halogens is 1. The van der Waals surface area contributed by atoms with Gasteiger partial charge in [-0.15, -0.1) is 4.40 Å². The average molecular weight is 526 g/mol. The minimum absolute atomic E-state index is 0.0130. The minimum atomic E-state index is -4.08. The normalized spacial score (nSPS) is 21.0. The zero-order chi connectivity index (χ0) is 26.8. The summed E-state index contributed by atoms with van der Waals surface area (Å²) in [5, 5.41) is 9.56. The van der Waals surface area contributed by atoms with Crippen LogP contribution in [0.1, 0.15) is 50.7 Å². The van der Waals surface area contributed by atoms with Gasteiger partial charge in [0.2, 0.25) is 5.90 Å². The van der Waals surface area contributed by atoms with Crippen LogP contribution in [0, 0.1) is 5.82 Å². The molecule has 0 aromatic heterocycles. The summed E-state index contributed by atoms with van der Waals surface area (Å²) in [5.41, 5.74) is 1.67. The average Bonchev–Trinajstić information content (AvgIpc) is 2.87. The lowest BCUT2D eigenvalue weighted by Gasteiger charge is -2.45. The Morgan fingerprint density at radius 3 is 2.11 bits per heavy atom. The zero-order valence-electron chi connectivity index (χ0n) is 21.4. The van der Waals surface area contributed by atoms with Gasteiger partial charge in [-0.1, -0.05) is 54.6 Å². The van der Waals surface area contributed by atoms with Crippen molar-refractivity contribution in [3.8, 4) is 16.9 Å². The second-order valence-electron chi connectivity index (χ2n) is 9.85. The molecule has 0 saturated carbocycles. The fourth-order valence-electron chi connectivity index (χ4n) is 4.83. The Hall–Kier alpha value is -3.23. The fourth-order valence-corrected chi connectivity index (χ4v) is 6.49. The van der Waals surface area contributed by atoms with Gasteiger partial charge in [0.25, 0.3) is 10.0 Å². The molecular weight excluding hydrogens is 493 g/mol. The number of hydrogen-bond acceptors (Lipinski definition) is 5. The van der Waals surface area contributed by atoms with Gasteiger partial charge in [-0.05, 0) is 73.6 Å². The highest BCUT2D eigenvalue weighted by molar-refractivity contribution is 7.91. The van der Waals surface area contributed by atoms with E-state index in [0.29, 0.717) is 11.1 Å². The molecule has 3 aromatic rings. The van der Waals surface area contributed by atoms with Crippen LogP contribution in [-0.4, -0.2) is 38.7 Å². The minimum Gasteiger partial charge on any atom is -0.497 e. The molecule has 0 aliphatic carbocycles. The quantitative estimate of drug-likeness (QED) is 0.401. The highest BCUT2D eigenvalue weighted by atomic mass is 32.2. The molecular formula is C29H32FNO5S. The Morgan fingerprint density at radius 1 is 0.973 bits per heavy atom. The van der Waals surface area contributed by atoms with E-state index in [9.17, 15) is 17.9 Å². The molecule has 1 unspecified atom stereocenters. The van der Waals surface area contributed by atoms with Gasteiger partial charge in [-0.2, -0.15) is 0 Å². The van der Waals surface area contributed by atoms with Crippen LogP contribution in [0.2, 0.25) is 0 Å². The SMILES string of the molecule is COc1ccc(-c2ccc(C3(C)C(C)(C)OC(C[C@@H](CCO)c4ccccc4F)=NS3(=O)=O)cc2)cc1. The molecule has 0 fully saturated rings. The predicted molar refractivity (Wildman–Crippen MR) is 143 cm³/mol. The number of aliphatic hydroxyl groups is 1. The summed E-state index contributed by atoms with van der Waals surface area (Å²) in [6.45, 7) is 4.88. The third-order valence-corrected chi connectivity index (χ3v) is 9.57. The summed E-state index contributed by atoms with van der Waals surface area (Å²) in [5.74, 6) is -0.130. The third-order valence-electron chi connectivity index (χ3n) is 7.36. The molecule has 0 bridgehead atoms. The number of benzene rings is 3. The number of nitrogens with zero attached hydrogens (tertiary/aromatic N) is 1. The van der Waals surface area contributed by atoms with E-state index in [-0.39, 0.29) is 25.3 Å². The van der Waals surface area contributed by atoms with Crippen LogP contribution in [0.25, 0.3) is 11.1 Å². The van der Waals surface area contributed by atoms with E-state index in [0.717, 1.165) is 16.9 Å². The first-order valence-corrected chi connectivity index (χ1v) is 13.6. The lowest BCUT2D eigenvalue weighted by atomic mass is 9.84. The topological polar surface area (TPSA) is 85.2 Å². The van der Waals surface area contributed by atoms with Crippen molar-refractivity contribution in [3.63, 3.8) is 0 Å². The summed E-state index contributed by atoms with van der Waals surface area (Å²) in [6.07, 6.45) is 0.296. The van der Waals surface area contributed by atoms with Crippen LogP contribution in [-0.2, 0) is 19.5 Å². The van der Waals surface area contributed by atoms with Crippen molar-refractivity contribution in [2.75, 3.05) is 13.7 Å². The maximum Gasteiger partial charge on any atom is 0.269 e. The van der Waals surface area contributed by atoms with Crippen molar-refractivity contribution in [2.45, 2.75) is 49.9 Å². The summed E-state index contributed by atoms with van der Waals surface area (Å²) in [7, 11) is -2.47. The van der Waals surface area contributed by atoms with Crippen LogP contribution in [0.3, 0.4) is 0 Å². The van der Waals surface area contributed by atoms with Gasteiger partial charge in [0.05, 0.1) is 7.11 Å². The molecule has 0 amide bonds. The van der Waals surface area contributed by atoms with Crippen molar-refractivity contribution in [1.82, 2.24) is 0 Å². The van der Waals surface area contributed by atoms with Gasteiger partial charge >= 0.3 is 0 Å². The van der Waals surface area contributed by atoms with E-state index < -0.39 is 32.1 Å². The molecule has 4 rings (SSSR count). The third kappa shape index (κ3) is 5.00. The van der Waals surface area contributed by atoms with Crippen molar-refractivity contribution >= 4 is 15.9 Å². The highest BCUT2D eigenvalue weighted by Crippen LogP contribution is 2.47. The van der Waals surface area contributed by atoms with Crippen molar-refractivity contribution in [3.05, 3.63) is 89.7 Å². The number of ether oxygens (including phenoxy) is 2. The summed E-state index contributed by atoms with van der Waals surface area (Å²) in [4.78, 5) is 0. The summed E-state index contributed by atoms with van der Waals surface area (Å²) >= 11 is 0. The first-order chi connectivity index (χ1) is 17.5. The van der Waals surface area contributed by atoms with Crippen molar-refractivity contribution < 1.29 is 27.4 Å². The Balaban J connectivity index is 1.66. The standard InChI is InChI=1S/C29H32FNO5S/c1-28(2)29(3,23-13-9-20(10-14-23)21-11-15-24(35-4)16-12-21)37(33,34)31-27(36-28)19-22(17-18-32)25-7-5-6-8-26(25)30/h5-16,22,32H,17-19H2,1-4H3/t22-,29?/m1/s1. The summed E-state index contributed by atoms with van der Waals surface area (Å²) < 4.78 is 55.9. The van der Waals surface area contributed by atoms with E-state index in [1.165, 1.54) is 6.07 Å². The van der Waals surface area contributed by atoms with E-state index in [4.69, 9.17) is 9.47 Å². The molecule has 196 valence electrons. The second-order valence-corrected chi connectivity index (χ2v) is 11.8. The second kappa shape index (κ2) is 10.3. The summed E-state index contributed by atoms with van der Waals surface area (Å²) in [6, 6.07) is 21.2. The molecule has 0 saturated heterocycles. The molecule has 3 aromatic carbocycles. The molecule has 0 radical (unpaired) electrons. The van der Waals surface area contributed by atoms with Gasteiger partial charge in [0.15, 0.2) is 4.75 Å². The monoisotopic (exact) mass is 525 g/mol. The lowest BCUT2D eigenvalue weighted by molar-refractivity contribution is 0.0424. The molecule has 8 heteroatoms. The van der Waals surface area contributed by atoms with Gasteiger partial charge in [0.1, 0.15) is 17.2 Å². The van der Waals surface area contributed by atoms with Crippen LogP contribution in [0.4, 0.5) is 4.39 Å². The maximum absolute atomic E-state index is 14.5. The van der Waals surface area contributed by atoms with E-state index in [2.05, 4.69) is 4.40 Å². The molecule has 1 N–H and O–H groups in total. The molecule has 2 atom stereocenters. The Morgan fingerprint density at radius 2 is 1.57 bits per heavy atom. The Kier molecular flexibility index (Phi) is 7.44. The first-order valence-electron chi connectivity index (χ1n) is 12.1. The van der Waals surface area contributed by atoms with Crippen LogP contribution in [0.15, 0.2) is 77.2 Å². The molecule has 1 heterocycles. The number of sulfonamides is 1. The largest absolute Gasteiger partial charge is 0.497 e. The molecule has 1 aliphatic heterocycles. The molecule has 6 nitrogen and oxygen atoms in total. The fraction of sp³-hybridized carbons (Fsp3) is 0.345. The van der Waals surface area contributed by atoms with Gasteiger partial charge in [-0.3, -0.25) is 0 Å². The molecule has 37 heavy (non-hydrogen) atoms. The van der Waals surface area contributed by atoms with E-state index in [1.54, 1.807) is 58.2 Å². The van der Waals surface area contributed by atoms with Crippen molar-refractivity contribution in [1.29, 1.82) is 0 Å². The highest BCUT2D eigenvalue weighted by Gasteiger charge is 2.58. The van der Waals surface area contributed by atoms with Crippen LogP contribution < -0.4 is 4.74 Å².